The maximum Gasteiger partial charge on any atom is 0.187 e. The molecule has 32 heavy (non-hydrogen) atoms. The number of hydrogen-bond donors (Lipinski definition) is 0. The first-order valence-electron chi connectivity index (χ1n) is 10.2. The second kappa shape index (κ2) is 11.0. The number of halogens is 4. The first-order valence-corrected chi connectivity index (χ1v) is 12.8. The summed E-state index contributed by atoms with van der Waals surface area (Å²) in [7, 11) is 0. The molecule has 1 fully saturated rings. The SMILES string of the molecule is Clc1ccc(CSCC2COC(CCc3c(Cl)cc(Cl)cc3Cl)(Cn3ccnc3)O2)cc1. The zero-order chi connectivity index (χ0) is 22.6. The van der Waals surface area contributed by atoms with Gasteiger partial charge in [0.15, 0.2) is 5.79 Å². The van der Waals surface area contributed by atoms with Crippen molar-refractivity contribution in [2.45, 2.75) is 37.0 Å². The molecule has 2 aromatic carbocycles. The molecule has 0 saturated carbocycles. The van der Waals surface area contributed by atoms with Gasteiger partial charge in [0.05, 0.1) is 25.6 Å². The smallest absolute Gasteiger partial charge is 0.187 e. The summed E-state index contributed by atoms with van der Waals surface area (Å²) in [6.07, 6.45) is 6.61. The van der Waals surface area contributed by atoms with E-state index in [0.717, 1.165) is 22.1 Å². The van der Waals surface area contributed by atoms with Crippen molar-refractivity contribution in [2.24, 2.45) is 0 Å². The average molecular weight is 532 g/mol. The second-order valence-electron chi connectivity index (χ2n) is 7.69. The molecule has 2 unspecified atom stereocenters. The Bertz CT molecular complexity index is 1010. The molecule has 0 amide bonds. The third-order valence-corrected chi connectivity index (χ3v) is 7.53. The van der Waals surface area contributed by atoms with Crippen LogP contribution in [0.5, 0.6) is 0 Å². The van der Waals surface area contributed by atoms with Crippen LogP contribution in [0.4, 0.5) is 0 Å². The third-order valence-electron chi connectivity index (χ3n) is 5.24. The maximum absolute atomic E-state index is 6.48. The Morgan fingerprint density at radius 3 is 2.50 bits per heavy atom. The van der Waals surface area contributed by atoms with Gasteiger partial charge in [-0.2, -0.15) is 11.8 Å². The molecule has 1 saturated heterocycles. The average Bonchev–Trinajstić information content (AvgIpc) is 3.39. The molecule has 0 spiro atoms. The number of thioether (sulfide) groups is 1. The van der Waals surface area contributed by atoms with Crippen LogP contribution < -0.4 is 0 Å². The largest absolute Gasteiger partial charge is 0.345 e. The van der Waals surface area contributed by atoms with Gasteiger partial charge in [-0.05, 0) is 41.8 Å². The number of imidazole rings is 1. The maximum atomic E-state index is 6.48. The van der Waals surface area contributed by atoms with Gasteiger partial charge in [0, 0.05) is 50.4 Å². The summed E-state index contributed by atoms with van der Waals surface area (Å²) in [4.78, 5) is 4.14. The fraction of sp³-hybridized carbons (Fsp3) is 0.348. The van der Waals surface area contributed by atoms with E-state index in [4.69, 9.17) is 55.9 Å². The number of aromatic nitrogens is 2. The predicted octanol–water partition coefficient (Wildman–Crippen LogP) is 7.17. The molecule has 0 bridgehead atoms. The third kappa shape index (κ3) is 6.35. The Kier molecular flexibility index (Phi) is 8.33. The molecule has 2 atom stereocenters. The molecule has 1 aliphatic heterocycles. The van der Waals surface area contributed by atoms with E-state index in [1.165, 1.54) is 5.56 Å². The minimum atomic E-state index is -0.779. The molecule has 9 heteroatoms. The normalized spacial score (nSPS) is 20.7. The molecule has 2 heterocycles. The summed E-state index contributed by atoms with van der Waals surface area (Å²) in [6.45, 7) is 1.07. The van der Waals surface area contributed by atoms with Gasteiger partial charge >= 0.3 is 0 Å². The van der Waals surface area contributed by atoms with E-state index in [0.29, 0.717) is 41.1 Å². The van der Waals surface area contributed by atoms with Crippen molar-refractivity contribution in [2.75, 3.05) is 12.4 Å². The van der Waals surface area contributed by atoms with Crippen molar-refractivity contribution < 1.29 is 9.47 Å². The van der Waals surface area contributed by atoms with Crippen LogP contribution in [-0.4, -0.2) is 33.8 Å². The lowest BCUT2D eigenvalue weighted by Gasteiger charge is -2.29. The Morgan fingerprint density at radius 1 is 1.06 bits per heavy atom. The molecule has 0 radical (unpaired) electrons. The lowest BCUT2D eigenvalue weighted by atomic mass is 10.0. The van der Waals surface area contributed by atoms with E-state index in [9.17, 15) is 0 Å². The quantitative estimate of drug-likeness (QED) is 0.293. The first-order chi connectivity index (χ1) is 15.4. The Hall–Kier alpha value is -0.920. The minimum absolute atomic E-state index is 0.00742. The number of nitrogens with zero attached hydrogens (tertiary/aromatic N) is 2. The number of benzene rings is 2. The predicted molar refractivity (Wildman–Crippen MR) is 133 cm³/mol. The summed E-state index contributed by atoms with van der Waals surface area (Å²) < 4.78 is 14.7. The van der Waals surface area contributed by atoms with Crippen LogP contribution in [0.25, 0.3) is 0 Å². The van der Waals surface area contributed by atoms with Gasteiger partial charge in [-0.25, -0.2) is 4.98 Å². The Morgan fingerprint density at radius 2 is 1.81 bits per heavy atom. The highest BCUT2D eigenvalue weighted by atomic mass is 35.5. The molecule has 4 nitrogen and oxygen atoms in total. The summed E-state index contributed by atoms with van der Waals surface area (Å²) >= 11 is 26.6. The summed E-state index contributed by atoms with van der Waals surface area (Å²) in [5.41, 5.74) is 2.07. The highest BCUT2D eigenvalue weighted by molar-refractivity contribution is 7.98. The van der Waals surface area contributed by atoms with Crippen molar-refractivity contribution >= 4 is 58.2 Å². The lowest BCUT2D eigenvalue weighted by Crippen LogP contribution is -2.37. The number of rotatable bonds is 9. The van der Waals surface area contributed by atoms with Gasteiger partial charge in [0.2, 0.25) is 0 Å². The molecule has 3 aromatic rings. The van der Waals surface area contributed by atoms with Gasteiger partial charge in [-0.1, -0.05) is 58.5 Å². The molecule has 1 aromatic heterocycles. The highest BCUT2D eigenvalue weighted by Gasteiger charge is 2.41. The summed E-state index contributed by atoms with van der Waals surface area (Å²) in [5.74, 6) is 0.941. The first kappa shape index (κ1) is 24.2. The molecular formula is C23H22Cl4N2O2S. The second-order valence-corrected chi connectivity index (χ2v) is 10.4. The zero-order valence-corrected chi connectivity index (χ0v) is 21.0. The van der Waals surface area contributed by atoms with Crippen LogP contribution in [0, 0.1) is 0 Å². The van der Waals surface area contributed by atoms with Gasteiger partial charge in [-0.15, -0.1) is 0 Å². The summed E-state index contributed by atoms with van der Waals surface area (Å²) in [5, 5.41) is 2.36. The van der Waals surface area contributed by atoms with E-state index in [-0.39, 0.29) is 6.10 Å². The van der Waals surface area contributed by atoms with Crippen molar-refractivity contribution in [3.8, 4) is 0 Å². The van der Waals surface area contributed by atoms with Crippen molar-refractivity contribution in [3.63, 3.8) is 0 Å². The van der Waals surface area contributed by atoms with Crippen LogP contribution in [0.3, 0.4) is 0 Å². The number of hydrogen-bond acceptors (Lipinski definition) is 4. The highest BCUT2D eigenvalue weighted by Crippen LogP contribution is 2.36. The van der Waals surface area contributed by atoms with E-state index >= 15 is 0 Å². The molecule has 170 valence electrons. The Balaban J connectivity index is 1.40. The topological polar surface area (TPSA) is 36.3 Å². The van der Waals surface area contributed by atoms with Gasteiger partial charge in [0.1, 0.15) is 0 Å². The summed E-state index contributed by atoms with van der Waals surface area (Å²) in [6, 6.07) is 11.3. The van der Waals surface area contributed by atoms with Crippen LogP contribution in [0.15, 0.2) is 55.1 Å². The van der Waals surface area contributed by atoms with E-state index in [1.807, 2.05) is 46.8 Å². The van der Waals surface area contributed by atoms with Crippen molar-refractivity contribution in [1.82, 2.24) is 9.55 Å². The van der Waals surface area contributed by atoms with E-state index < -0.39 is 5.79 Å². The van der Waals surface area contributed by atoms with Crippen molar-refractivity contribution in [1.29, 1.82) is 0 Å². The zero-order valence-electron chi connectivity index (χ0n) is 17.1. The molecule has 0 N–H and O–H groups in total. The fourth-order valence-corrected chi connectivity index (χ4v) is 5.77. The Labute approximate surface area is 212 Å². The van der Waals surface area contributed by atoms with Crippen molar-refractivity contribution in [3.05, 3.63) is 86.3 Å². The molecule has 1 aliphatic rings. The van der Waals surface area contributed by atoms with Crippen LogP contribution >= 0.6 is 58.2 Å². The fourth-order valence-electron chi connectivity index (χ4n) is 3.67. The monoisotopic (exact) mass is 530 g/mol. The van der Waals surface area contributed by atoms with Gasteiger partial charge < -0.3 is 14.0 Å². The van der Waals surface area contributed by atoms with E-state index in [1.54, 1.807) is 24.7 Å². The number of ether oxygens (including phenoxy) is 2. The lowest BCUT2D eigenvalue weighted by molar-refractivity contribution is -0.180. The van der Waals surface area contributed by atoms with Crippen LogP contribution in [0.2, 0.25) is 20.1 Å². The van der Waals surface area contributed by atoms with Gasteiger partial charge in [0.25, 0.3) is 0 Å². The van der Waals surface area contributed by atoms with Gasteiger partial charge in [-0.3, -0.25) is 0 Å². The minimum Gasteiger partial charge on any atom is -0.345 e. The van der Waals surface area contributed by atoms with E-state index in [2.05, 4.69) is 4.98 Å². The van der Waals surface area contributed by atoms with Crippen LogP contribution in [-0.2, 0) is 28.2 Å². The molecule has 4 rings (SSSR count). The van der Waals surface area contributed by atoms with Crippen LogP contribution in [0.1, 0.15) is 17.5 Å². The molecule has 0 aliphatic carbocycles. The standard InChI is InChI=1S/C23H22Cl4N2O2S/c24-17-3-1-16(2-4-17)12-32-13-19-11-30-23(31-19,14-29-8-7-28-15-29)6-5-20-21(26)9-18(25)10-22(20)27/h1-4,7-10,15,19H,5-6,11-14H2. The molecular weight excluding hydrogens is 510 g/mol.